The van der Waals surface area contributed by atoms with Gasteiger partial charge in [-0.05, 0) is 42.8 Å². The molecule has 17 heavy (non-hydrogen) atoms. The first-order chi connectivity index (χ1) is 8.19. The van der Waals surface area contributed by atoms with E-state index < -0.39 is 0 Å². The summed E-state index contributed by atoms with van der Waals surface area (Å²) in [4.78, 5) is 4.17. The van der Waals surface area contributed by atoms with Gasteiger partial charge in [-0.1, -0.05) is 0 Å². The summed E-state index contributed by atoms with van der Waals surface area (Å²) in [6.07, 6.45) is 1.67. The number of hydrogen-bond donors (Lipinski definition) is 0. The predicted octanol–water partition coefficient (Wildman–Crippen LogP) is 4.06. The highest BCUT2D eigenvalue weighted by molar-refractivity contribution is 6.17. The van der Waals surface area contributed by atoms with Gasteiger partial charge in [0.15, 0.2) is 0 Å². The Bertz CT molecular complexity index is 513. The molecule has 2 rings (SSSR count). The number of rotatable bonds is 3. The van der Waals surface area contributed by atoms with Crippen molar-refractivity contribution >= 4 is 11.6 Å². The van der Waals surface area contributed by atoms with Crippen LogP contribution in [0.5, 0.6) is 11.6 Å². The summed E-state index contributed by atoms with van der Waals surface area (Å²) in [5, 5.41) is 0. The molecule has 0 aliphatic carbocycles. The van der Waals surface area contributed by atoms with Crippen molar-refractivity contribution in [3.63, 3.8) is 0 Å². The van der Waals surface area contributed by atoms with Gasteiger partial charge in [-0.2, -0.15) is 0 Å². The SMILES string of the molecule is Cc1cc(CCl)cnc1Oc1ccc(F)cc1. The van der Waals surface area contributed by atoms with Crippen molar-refractivity contribution in [1.82, 2.24) is 4.98 Å². The van der Waals surface area contributed by atoms with Crippen LogP contribution >= 0.6 is 11.6 Å². The summed E-state index contributed by atoms with van der Waals surface area (Å²) in [6.45, 7) is 1.89. The van der Waals surface area contributed by atoms with Crippen LogP contribution in [0.4, 0.5) is 4.39 Å². The highest BCUT2D eigenvalue weighted by Gasteiger charge is 2.04. The third-order valence-electron chi connectivity index (χ3n) is 2.27. The fourth-order valence-corrected chi connectivity index (χ4v) is 1.56. The van der Waals surface area contributed by atoms with Crippen LogP contribution < -0.4 is 4.74 Å². The number of halogens is 2. The fraction of sp³-hybridized carbons (Fsp3) is 0.154. The van der Waals surface area contributed by atoms with E-state index in [-0.39, 0.29) is 5.82 Å². The summed E-state index contributed by atoms with van der Waals surface area (Å²) < 4.78 is 18.3. The molecule has 1 aromatic heterocycles. The minimum absolute atomic E-state index is 0.292. The van der Waals surface area contributed by atoms with Gasteiger partial charge in [0.05, 0.1) is 0 Å². The van der Waals surface area contributed by atoms with Crippen molar-refractivity contribution in [1.29, 1.82) is 0 Å². The molecule has 1 heterocycles. The summed E-state index contributed by atoms with van der Waals surface area (Å²) in [7, 11) is 0. The Morgan fingerprint density at radius 1 is 1.29 bits per heavy atom. The molecule has 0 fully saturated rings. The molecule has 0 amide bonds. The molecule has 88 valence electrons. The molecule has 0 radical (unpaired) electrons. The second-order valence-electron chi connectivity index (χ2n) is 3.66. The van der Waals surface area contributed by atoms with E-state index in [4.69, 9.17) is 16.3 Å². The number of hydrogen-bond acceptors (Lipinski definition) is 2. The van der Waals surface area contributed by atoms with Crippen molar-refractivity contribution in [2.45, 2.75) is 12.8 Å². The van der Waals surface area contributed by atoms with E-state index in [0.717, 1.165) is 11.1 Å². The average Bonchev–Trinajstić information content (AvgIpc) is 2.34. The average molecular weight is 252 g/mol. The maximum absolute atomic E-state index is 12.7. The highest BCUT2D eigenvalue weighted by Crippen LogP contribution is 2.23. The smallest absolute Gasteiger partial charge is 0.222 e. The van der Waals surface area contributed by atoms with Crippen LogP contribution in [0.2, 0.25) is 0 Å². The van der Waals surface area contributed by atoms with Crippen LogP contribution in [0, 0.1) is 12.7 Å². The predicted molar refractivity (Wildman–Crippen MR) is 65.0 cm³/mol. The first-order valence-electron chi connectivity index (χ1n) is 5.14. The number of benzene rings is 1. The molecule has 0 N–H and O–H groups in total. The molecule has 0 bridgehead atoms. The van der Waals surface area contributed by atoms with Crippen LogP contribution in [0.3, 0.4) is 0 Å². The lowest BCUT2D eigenvalue weighted by atomic mass is 10.2. The summed E-state index contributed by atoms with van der Waals surface area (Å²) >= 11 is 5.71. The molecule has 0 saturated heterocycles. The molecule has 2 aromatic rings. The number of aryl methyl sites for hydroxylation is 1. The Morgan fingerprint density at radius 3 is 2.59 bits per heavy atom. The van der Waals surface area contributed by atoms with Gasteiger partial charge >= 0.3 is 0 Å². The molecule has 0 atom stereocenters. The van der Waals surface area contributed by atoms with E-state index in [0.29, 0.717) is 17.5 Å². The number of nitrogens with zero attached hydrogens (tertiary/aromatic N) is 1. The zero-order valence-corrected chi connectivity index (χ0v) is 10.0. The summed E-state index contributed by atoms with van der Waals surface area (Å²) in [6, 6.07) is 7.73. The number of ether oxygens (including phenoxy) is 1. The first kappa shape index (κ1) is 11.9. The zero-order chi connectivity index (χ0) is 12.3. The lowest BCUT2D eigenvalue weighted by Crippen LogP contribution is -1.93. The molecular weight excluding hydrogens is 241 g/mol. The van der Waals surface area contributed by atoms with Crippen molar-refractivity contribution in [3.05, 3.63) is 53.5 Å². The van der Waals surface area contributed by atoms with Crippen molar-refractivity contribution in [2.24, 2.45) is 0 Å². The standard InChI is InChI=1S/C13H11ClFNO/c1-9-6-10(7-14)8-16-13(9)17-12-4-2-11(15)3-5-12/h2-6,8H,7H2,1H3. The van der Waals surface area contributed by atoms with Crippen LogP contribution in [-0.4, -0.2) is 4.98 Å². The van der Waals surface area contributed by atoms with E-state index in [1.807, 2.05) is 13.0 Å². The topological polar surface area (TPSA) is 22.1 Å². The minimum atomic E-state index is -0.292. The minimum Gasteiger partial charge on any atom is -0.439 e. The Kier molecular flexibility index (Phi) is 3.59. The summed E-state index contributed by atoms with van der Waals surface area (Å²) in [5.74, 6) is 1.19. The third-order valence-corrected chi connectivity index (χ3v) is 2.58. The molecule has 0 saturated carbocycles. The molecule has 0 aliphatic heterocycles. The van der Waals surface area contributed by atoms with E-state index in [1.54, 1.807) is 18.3 Å². The number of alkyl halides is 1. The van der Waals surface area contributed by atoms with E-state index >= 15 is 0 Å². The van der Waals surface area contributed by atoms with Crippen molar-refractivity contribution < 1.29 is 9.13 Å². The largest absolute Gasteiger partial charge is 0.439 e. The molecule has 0 unspecified atom stereocenters. The molecule has 1 aromatic carbocycles. The van der Waals surface area contributed by atoms with Gasteiger partial charge in [0, 0.05) is 17.6 Å². The maximum atomic E-state index is 12.7. The maximum Gasteiger partial charge on any atom is 0.222 e. The Hall–Kier alpha value is -1.61. The fourth-order valence-electron chi connectivity index (χ4n) is 1.41. The van der Waals surface area contributed by atoms with Crippen molar-refractivity contribution in [2.75, 3.05) is 0 Å². The van der Waals surface area contributed by atoms with Gasteiger partial charge in [0.1, 0.15) is 11.6 Å². The Balaban J connectivity index is 2.21. The Morgan fingerprint density at radius 2 is 2.00 bits per heavy atom. The lowest BCUT2D eigenvalue weighted by Gasteiger charge is -2.08. The van der Waals surface area contributed by atoms with Gasteiger partial charge in [-0.25, -0.2) is 9.37 Å². The Labute approximate surface area is 104 Å². The second kappa shape index (κ2) is 5.15. The monoisotopic (exact) mass is 251 g/mol. The molecular formula is C13H11ClFNO. The van der Waals surface area contributed by atoms with E-state index in [9.17, 15) is 4.39 Å². The van der Waals surface area contributed by atoms with Gasteiger partial charge < -0.3 is 4.74 Å². The van der Waals surface area contributed by atoms with Gasteiger partial charge in [0.2, 0.25) is 5.88 Å². The second-order valence-corrected chi connectivity index (χ2v) is 3.92. The normalized spacial score (nSPS) is 10.3. The summed E-state index contributed by atoms with van der Waals surface area (Å²) in [5.41, 5.74) is 1.84. The molecule has 2 nitrogen and oxygen atoms in total. The van der Waals surface area contributed by atoms with Gasteiger partial charge in [-0.15, -0.1) is 11.6 Å². The van der Waals surface area contributed by atoms with E-state index in [2.05, 4.69) is 4.98 Å². The highest BCUT2D eigenvalue weighted by atomic mass is 35.5. The quantitative estimate of drug-likeness (QED) is 0.768. The van der Waals surface area contributed by atoms with E-state index in [1.165, 1.54) is 12.1 Å². The first-order valence-corrected chi connectivity index (χ1v) is 5.67. The zero-order valence-electron chi connectivity index (χ0n) is 9.28. The molecule has 0 spiro atoms. The van der Waals surface area contributed by atoms with Gasteiger partial charge in [0.25, 0.3) is 0 Å². The van der Waals surface area contributed by atoms with Crippen LogP contribution in [0.25, 0.3) is 0 Å². The number of aromatic nitrogens is 1. The van der Waals surface area contributed by atoms with Crippen LogP contribution in [0.15, 0.2) is 36.5 Å². The van der Waals surface area contributed by atoms with Crippen LogP contribution in [0.1, 0.15) is 11.1 Å². The third kappa shape index (κ3) is 2.94. The van der Waals surface area contributed by atoms with Crippen LogP contribution in [-0.2, 0) is 5.88 Å². The van der Waals surface area contributed by atoms with Crippen molar-refractivity contribution in [3.8, 4) is 11.6 Å². The van der Waals surface area contributed by atoms with Gasteiger partial charge in [-0.3, -0.25) is 0 Å². The molecule has 4 heteroatoms. The lowest BCUT2D eigenvalue weighted by molar-refractivity contribution is 0.457. The molecule has 0 aliphatic rings. The number of pyridine rings is 1.